The van der Waals surface area contributed by atoms with Crippen molar-refractivity contribution >= 4 is 38.4 Å². The lowest BCUT2D eigenvalue weighted by Gasteiger charge is -2.33. The Labute approximate surface area is 166 Å². The number of nitrogens with one attached hydrogen (secondary N) is 1. The lowest BCUT2D eigenvalue weighted by molar-refractivity contribution is -0.125. The number of nitrogens with zero attached hydrogens (tertiary/aromatic N) is 3. The van der Waals surface area contributed by atoms with Crippen molar-refractivity contribution in [3.05, 3.63) is 65.0 Å². The topological polar surface area (TPSA) is 58.1 Å². The minimum atomic E-state index is 0.0696. The third-order valence-corrected chi connectivity index (χ3v) is 5.57. The van der Waals surface area contributed by atoms with Crippen molar-refractivity contribution in [3.8, 4) is 0 Å². The Balaban J connectivity index is 1.38. The number of rotatable bonds is 4. The molecule has 0 atom stereocenters. The summed E-state index contributed by atoms with van der Waals surface area (Å²) >= 11 is 3.51. The molecule has 138 valence electrons. The number of carbonyl (C=O) groups excluding carboxylic acids is 1. The van der Waals surface area contributed by atoms with Crippen molar-refractivity contribution < 1.29 is 4.79 Å². The zero-order valence-corrected chi connectivity index (χ0v) is 16.5. The quantitative estimate of drug-likeness (QED) is 0.689. The summed E-state index contributed by atoms with van der Waals surface area (Å²) in [6.45, 7) is 2.29. The zero-order chi connectivity index (χ0) is 18.6. The van der Waals surface area contributed by atoms with Crippen LogP contribution in [0.3, 0.4) is 0 Å². The van der Waals surface area contributed by atoms with Gasteiger partial charge < -0.3 is 10.2 Å². The van der Waals surface area contributed by atoms with Crippen LogP contribution in [0.2, 0.25) is 0 Å². The maximum absolute atomic E-state index is 12.5. The lowest BCUT2D eigenvalue weighted by atomic mass is 9.95. The van der Waals surface area contributed by atoms with Gasteiger partial charge in [-0.15, -0.1) is 0 Å². The Morgan fingerprint density at radius 3 is 2.81 bits per heavy atom. The van der Waals surface area contributed by atoms with Crippen LogP contribution in [0, 0.1) is 5.92 Å². The molecule has 0 radical (unpaired) electrons. The second kappa shape index (κ2) is 8.05. The Bertz CT molecular complexity index is 939. The third-order valence-electron chi connectivity index (χ3n) is 5.08. The van der Waals surface area contributed by atoms with E-state index in [9.17, 15) is 4.79 Å². The number of carbonyl (C=O) groups is 1. The summed E-state index contributed by atoms with van der Waals surface area (Å²) < 4.78 is 1.03. The van der Waals surface area contributed by atoms with E-state index in [1.807, 2.05) is 30.5 Å². The molecule has 1 aliphatic rings. The van der Waals surface area contributed by atoms with Crippen LogP contribution in [-0.4, -0.2) is 29.0 Å². The summed E-state index contributed by atoms with van der Waals surface area (Å²) in [5, 5.41) is 4.20. The molecule has 0 bridgehead atoms. The molecule has 1 saturated heterocycles. The van der Waals surface area contributed by atoms with Crippen LogP contribution in [0.25, 0.3) is 10.9 Å². The SMILES string of the molecule is O=C(NCc1cccnc1)C1CCN(c2ccnc3cc(Br)ccc23)CC1. The minimum absolute atomic E-state index is 0.0696. The monoisotopic (exact) mass is 424 g/mol. The van der Waals surface area contributed by atoms with Crippen molar-refractivity contribution in [2.75, 3.05) is 18.0 Å². The Kier molecular flexibility index (Phi) is 5.34. The zero-order valence-electron chi connectivity index (χ0n) is 14.9. The molecule has 27 heavy (non-hydrogen) atoms. The highest BCUT2D eigenvalue weighted by atomic mass is 79.9. The van der Waals surface area contributed by atoms with Crippen LogP contribution >= 0.6 is 15.9 Å². The molecule has 1 N–H and O–H groups in total. The molecule has 4 rings (SSSR count). The number of halogens is 1. The second-order valence-electron chi connectivity index (χ2n) is 6.83. The number of hydrogen-bond acceptors (Lipinski definition) is 4. The third kappa shape index (κ3) is 4.11. The summed E-state index contributed by atoms with van der Waals surface area (Å²) in [7, 11) is 0. The normalized spacial score (nSPS) is 15.1. The molecule has 3 heterocycles. The van der Waals surface area contributed by atoms with Gasteiger partial charge in [-0.1, -0.05) is 22.0 Å². The molecule has 1 fully saturated rings. The first-order valence-electron chi connectivity index (χ1n) is 9.16. The molecule has 0 spiro atoms. The van der Waals surface area contributed by atoms with Gasteiger partial charge in [0.05, 0.1) is 5.52 Å². The van der Waals surface area contributed by atoms with Crippen LogP contribution in [0.4, 0.5) is 5.69 Å². The average Bonchev–Trinajstić information content (AvgIpc) is 2.72. The van der Waals surface area contributed by atoms with Crippen molar-refractivity contribution in [1.29, 1.82) is 0 Å². The van der Waals surface area contributed by atoms with Gasteiger partial charge >= 0.3 is 0 Å². The van der Waals surface area contributed by atoms with E-state index in [0.29, 0.717) is 6.54 Å². The van der Waals surface area contributed by atoms with Crippen molar-refractivity contribution in [2.45, 2.75) is 19.4 Å². The maximum Gasteiger partial charge on any atom is 0.223 e. The van der Waals surface area contributed by atoms with Gasteiger partial charge in [-0.25, -0.2) is 0 Å². The molecule has 1 aliphatic heterocycles. The van der Waals surface area contributed by atoms with E-state index in [-0.39, 0.29) is 11.8 Å². The summed E-state index contributed by atoms with van der Waals surface area (Å²) in [6, 6.07) is 12.1. The van der Waals surface area contributed by atoms with Gasteiger partial charge in [-0.05, 0) is 48.7 Å². The second-order valence-corrected chi connectivity index (χ2v) is 7.75. The highest BCUT2D eigenvalue weighted by Crippen LogP contribution is 2.30. The van der Waals surface area contributed by atoms with Gasteiger partial charge in [0, 0.05) is 59.7 Å². The van der Waals surface area contributed by atoms with E-state index in [1.54, 1.807) is 12.4 Å². The summed E-state index contributed by atoms with van der Waals surface area (Å²) in [6.07, 6.45) is 7.10. The van der Waals surface area contributed by atoms with Crippen LogP contribution in [0.5, 0.6) is 0 Å². The summed E-state index contributed by atoms with van der Waals surface area (Å²) in [4.78, 5) is 23.4. The molecule has 0 aliphatic carbocycles. The number of anilines is 1. The van der Waals surface area contributed by atoms with E-state index in [2.05, 4.69) is 48.2 Å². The Hall–Kier alpha value is -2.47. The Morgan fingerprint density at radius 2 is 2.04 bits per heavy atom. The molecule has 5 nitrogen and oxygen atoms in total. The van der Waals surface area contributed by atoms with Crippen molar-refractivity contribution in [1.82, 2.24) is 15.3 Å². The molecule has 2 aromatic heterocycles. The highest BCUT2D eigenvalue weighted by Gasteiger charge is 2.25. The molecule has 3 aromatic rings. The van der Waals surface area contributed by atoms with Gasteiger partial charge in [0.1, 0.15) is 0 Å². The fourth-order valence-corrected chi connectivity index (χ4v) is 3.95. The fourth-order valence-electron chi connectivity index (χ4n) is 3.60. The first-order valence-corrected chi connectivity index (χ1v) is 9.96. The van der Waals surface area contributed by atoms with Gasteiger partial charge in [0.2, 0.25) is 5.91 Å². The van der Waals surface area contributed by atoms with Gasteiger partial charge in [0.15, 0.2) is 0 Å². The largest absolute Gasteiger partial charge is 0.371 e. The van der Waals surface area contributed by atoms with Crippen molar-refractivity contribution in [3.63, 3.8) is 0 Å². The molecular weight excluding hydrogens is 404 g/mol. The van der Waals surface area contributed by atoms with E-state index in [4.69, 9.17) is 0 Å². The minimum Gasteiger partial charge on any atom is -0.371 e. The smallest absolute Gasteiger partial charge is 0.223 e. The van der Waals surface area contributed by atoms with E-state index < -0.39 is 0 Å². The molecule has 0 unspecified atom stereocenters. The number of fused-ring (bicyclic) bond motifs is 1. The highest BCUT2D eigenvalue weighted by molar-refractivity contribution is 9.10. The van der Waals surface area contributed by atoms with Gasteiger partial charge in [-0.3, -0.25) is 14.8 Å². The summed E-state index contributed by atoms with van der Waals surface area (Å²) in [5.74, 6) is 0.210. The molecule has 1 amide bonds. The number of piperidine rings is 1. The average molecular weight is 425 g/mol. The number of hydrogen-bond donors (Lipinski definition) is 1. The molecule has 6 heteroatoms. The number of amides is 1. The molecule has 1 aromatic carbocycles. The maximum atomic E-state index is 12.5. The fraction of sp³-hybridized carbons (Fsp3) is 0.286. The lowest BCUT2D eigenvalue weighted by Crippen LogP contribution is -2.40. The predicted molar refractivity (Wildman–Crippen MR) is 110 cm³/mol. The standard InChI is InChI=1S/C21H21BrN4O/c22-17-3-4-18-19(12-17)24-9-5-20(18)26-10-6-16(7-11-26)21(27)25-14-15-2-1-8-23-13-15/h1-5,8-9,12-13,16H,6-7,10-11,14H2,(H,25,27). The van der Waals surface area contributed by atoms with Gasteiger partial charge in [-0.2, -0.15) is 0 Å². The van der Waals surface area contributed by atoms with Crippen LogP contribution in [0.15, 0.2) is 59.5 Å². The first-order chi connectivity index (χ1) is 13.2. The number of benzene rings is 1. The van der Waals surface area contributed by atoms with E-state index in [1.165, 1.54) is 5.69 Å². The Morgan fingerprint density at radius 1 is 1.19 bits per heavy atom. The number of aromatic nitrogens is 2. The van der Waals surface area contributed by atoms with Crippen LogP contribution in [0.1, 0.15) is 18.4 Å². The summed E-state index contributed by atoms with van der Waals surface area (Å²) in [5.41, 5.74) is 3.21. The predicted octanol–water partition coefficient (Wildman–Crippen LogP) is 3.93. The molecule has 0 saturated carbocycles. The van der Waals surface area contributed by atoms with Gasteiger partial charge in [0.25, 0.3) is 0 Å². The number of pyridine rings is 2. The first kappa shape index (κ1) is 17.9. The molecular formula is C21H21BrN4O. The van der Waals surface area contributed by atoms with Crippen molar-refractivity contribution in [2.24, 2.45) is 5.92 Å². The van der Waals surface area contributed by atoms with E-state index >= 15 is 0 Å². The van der Waals surface area contributed by atoms with E-state index in [0.717, 1.165) is 46.9 Å². The van der Waals surface area contributed by atoms with Crippen LogP contribution < -0.4 is 10.2 Å². The van der Waals surface area contributed by atoms with Crippen LogP contribution in [-0.2, 0) is 11.3 Å².